The van der Waals surface area contributed by atoms with Crippen LogP contribution in [0, 0.1) is 0 Å². The zero-order valence-electron chi connectivity index (χ0n) is 15.5. The van der Waals surface area contributed by atoms with Crippen LogP contribution in [0.3, 0.4) is 0 Å². The molecule has 0 spiro atoms. The first kappa shape index (κ1) is 18.0. The largest absolute Gasteiger partial charge is 0.494 e. The van der Waals surface area contributed by atoms with Crippen LogP contribution in [0.2, 0.25) is 0 Å². The molecular formula is C23H20O5. The standard InChI is InChI=1S/C23H20O5/c1-2-11-27-17-7-3-14(4-8-17)12-15-5-9-18-21(24)19-13-16(23(25)26)6-10-20(19)28-22(15)18/h3-4,6-8,10,12-13H,2,5,9,11H2,1H3,(H,25,26)/b15-12+. The van der Waals surface area contributed by atoms with Gasteiger partial charge in [-0.05, 0) is 66.8 Å². The molecule has 0 saturated carbocycles. The molecule has 0 radical (unpaired) electrons. The number of benzene rings is 2. The van der Waals surface area contributed by atoms with E-state index in [0.29, 0.717) is 41.7 Å². The van der Waals surface area contributed by atoms with Gasteiger partial charge in [-0.2, -0.15) is 0 Å². The van der Waals surface area contributed by atoms with E-state index in [-0.39, 0.29) is 11.0 Å². The van der Waals surface area contributed by atoms with E-state index in [4.69, 9.17) is 14.3 Å². The second-order valence-electron chi connectivity index (χ2n) is 6.84. The maximum absolute atomic E-state index is 12.8. The van der Waals surface area contributed by atoms with Crippen molar-refractivity contribution in [2.24, 2.45) is 0 Å². The van der Waals surface area contributed by atoms with Crippen LogP contribution < -0.4 is 10.2 Å². The fourth-order valence-corrected chi connectivity index (χ4v) is 3.45. The normalized spacial score (nSPS) is 14.4. The van der Waals surface area contributed by atoms with E-state index in [1.807, 2.05) is 30.3 Å². The van der Waals surface area contributed by atoms with Crippen LogP contribution in [0.1, 0.15) is 47.0 Å². The summed E-state index contributed by atoms with van der Waals surface area (Å²) in [5.74, 6) is 0.378. The topological polar surface area (TPSA) is 76.7 Å². The van der Waals surface area contributed by atoms with Crippen molar-refractivity contribution < 1.29 is 19.1 Å². The van der Waals surface area contributed by atoms with E-state index in [0.717, 1.165) is 23.3 Å². The molecule has 1 aliphatic rings. The van der Waals surface area contributed by atoms with Crippen molar-refractivity contribution in [3.8, 4) is 5.75 Å². The van der Waals surface area contributed by atoms with Crippen molar-refractivity contribution in [3.05, 3.63) is 75.1 Å². The molecule has 0 unspecified atom stereocenters. The number of hydrogen-bond acceptors (Lipinski definition) is 4. The van der Waals surface area contributed by atoms with Gasteiger partial charge in [0.15, 0.2) is 5.43 Å². The number of carboxylic acids is 1. The predicted molar refractivity (Wildman–Crippen MR) is 108 cm³/mol. The number of fused-ring (bicyclic) bond motifs is 2. The first-order chi connectivity index (χ1) is 13.6. The lowest BCUT2D eigenvalue weighted by Gasteiger charge is -2.06. The van der Waals surface area contributed by atoms with Crippen LogP contribution in [0.4, 0.5) is 0 Å². The summed E-state index contributed by atoms with van der Waals surface area (Å²) in [5, 5.41) is 9.47. The number of rotatable bonds is 5. The van der Waals surface area contributed by atoms with Gasteiger partial charge in [0.25, 0.3) is 0 Å². The molecule has 1 aromatic heterocycles. The lowest BCUT2D eigenvalue weighted by molar-refractivity contribution is 0.0697. The molecule has 1 N–H and O–H groups in total. The number of hydrogen-bond donors (Lipinski definition) is 1. The smallest absolute Gasteiger partial charge is 0.335 e. The first-order valence-corrected chi connectivity index (χ1v) is 9.33. The Bertz CT molecular complexity index is 1140. The van der Waals surface area contributed by atoms with Crippen LogP contribution in [0.15, 0.2) is 51.7 Å². The van der Waals surface area contributed by atoms with Gasteiger partial charge >= 0.3 is 5.97 Å². The highest BCUT2D eigenvalue weighted by atomic mass is 16.5. The highest BCUT2D eigenvalue weighted by Gasteiger charge is 2.24. The summed E-state index contributed by atoms with van der Waals surface area (Å²) in [6.07, 6.45) is 4.29. The Hall–Kier alpha value is -3.34. The van der Waals surface area contributed by atoms with Crippen LogP contribution in [-0.4, -0.2) is 17.7 Å². The van der Waals surface area contributed by atoms with E-state index >= 15 is 0 Å². The van der Waals surface area contributed by atoms with Crippen molar-refractivity contribution in [2.75, 3.05) is 6.61 Å². The third-order valence-electron chi connectivity index (χ3n) is 4.86. The van der Waals surface area contributed by atoms with E-state index in [1.54, 1.807) is 6.07 Å². The monoisotopic (exact) mass is 376 g/mol. The SMILES string of the molecule is CCCOc1ccc(/C=C2\CCc3c2oc2ccc(C(=O)O)cc2c3=O)cc1. The summed E-state index contributed by atoms with van der Waals surface area (Å²) >= 11 is 0. The third-order valence-corrected chi connectivity index (χ3v) is 4.86. The van der Waals surface area contributed by atoms with Gasteiger partial charge in [0.2, 0.25) is 0 Å². The number of allylic oxidation sites excluding steroid dienone is 1. The molecule has 5 nitrogen and oxygen atoms in total. The van der Waals surface area contributed by atoms with Gasteiger partial charge in [-0.1, -0.05) is 19.1 Å². The zero-order chi connectivity index (χ0) is 19.7. The average molecular weight is 376 g/mol. The Morgan fingerprint density at radius 3 is 2.68 bits per heavy atom. The summed E-state index contributed by atoms with van der Waals surface area (Å²) in [6.45, 7) is 2.76. The molecule has 0 atom stereocenters. The predicted octanol–water partition coefficient (Wildman–Crippen LogP) is 4.77. The molecule has 1 aliphatic carbocycles. The number of aromatic carboxylic acids is 1. The van der Waals surface area contributed by atoms with Gasteiger partial charge in [0.1, 0.15) is 17.1 Å². The maximum Gasteiger partial charge on any atom is 0.335 e. The minimum Gasteiger partial charge on any atom is -0.494 e. The second-order valence-corrected chi connectivity index (χ2v) is 6.84. The van der Waals surface area contributed by atoms with Gasteiger partial charge in [-0.15, -0.1) is 0 Å². The highest BCUT2D eigenvalue weighted by molar-refractivity contribution is 5.94. The van der Waals surface area contributed by atoms with E-state index in [9.17, 15) is 9.59 Å². The lowest BCUT2D eigenvalue weighted by atomic mass is 10.1. The Morgan fingerprint density at radius 1 is 1.18 bits per heavy atom. The van der Waals surface area contributed by atoms with Crippen molar-refractivity contribution in [3.63, 3.8) is 0 Å². The van der Waals surface area contributed by atoms with Crippen molar-refractivity contribution in [1.82, 2.24) is 0 Å². The molecular weight excluding hydrogens is 356 g/mol. The second kappa shape index (κ2) is 7.35. The van der Waals surface area contributed by atoms with Crippen molar-refractivity contribution in [1.29, 1.82) is 0 Å². The summed E-state index contributed by atoms with van der Waals surface area (Å²) in [4.78, 5) is 24.0. The quantitative estimate of drug-likeness (QED) is 0.694. The van der Waals surface area contributed by atoms with Crippen LogP contribution in [0.5, 0.6) is 5.75 Å². The Labute approximate surface area is 161 Å². The average Bonchev–Trinajstić information content (AvgIpc) is 3.10. The van der Waals surface area contributed by atoms with Crippen molar-refractivity contribution >= 4 is 28.6 Å². The fourth-order valence-electron chi connectivity index (χ4n) is 3.45. The molecule has 0 bridgehead atoms. The molecule has 4 rings (SSSR count). The lowest BCUT2D eigenvalue weighted by Crippen LogP contribution is -2.09. The maximum atomic E-state index is 12.8. The summed E-state index contributed by atoms with van der Waals surface area (Å²) < 4.78 is 11.6. The molecule has 2 aromatic carbocycles. The molecule has 0 fully saturated rings. The van der Waals surface area contributed by atoms with Crippen molar-refractivity contribution in [2.45, 2.75) is 26.2 Å². The van der Waals surface area contributed by atoms with Gasteiger partial charge in [-0.3, -0.25) is 4.79 Å². The van der Waals surface area contributed by atoms with Crippen LogP contribution >= 0.6 is 0 Å². The van der Waals surface area contributed by atoms with Gasteiger partial charge in [0, 0.05) is 5.56 Å². The Kier molecular flexibility index (Phi) is 4.74. The molecule has 1 heterocycles. The van der Waals surface area contributed by atoms with E-state index < -0.39 is 5.97 Å². The minimum atomic E-state index is -1.06. The first-order valence-electron chi connectivity index (χ1n) is 9.33. The molecule has 142 valence electrons. The van der Waals surface area contributed by atoms with Crippen LogP contribution in [0.25, 0.3) is 22.6 Å². The molecule has 28 heavy (non-hydrogen) atoms. The summed E-state index contributed by atoms with van der Waals surface area (Å²) in [7, 11) is 0. The summed E-state index contributed by atoms with van der Waals surface area (Å²) in [5.41, 5.74) is 2.94. The van der Waals surface area contributed by atoms with Gasteiger partial charge in [-0.25, -0.2) is 4.79 Å². The van der Waals surface area contributed by atoms with Gasteiger partial charge < -0.3 is 14.3 Å². The molecule has 5 heteroatoms. The number of carbonyl (C=O) groups is 1. The zero-order valence-corrected chi connectivity index (χ0v) is 15.5. The molecule has 0 saturated heterocycles. The van der Waals surface area contributed by atoms with E-state index in [2.05, 4.69) is 6.92 Å². The Morgan fingerprint density at radius 2 is 1.96 bits per heavy atom. The Balaban J connectivity index is 1.71. The number of ether oxygens (including phenoxy) is 1. The molecule has 0 aliphatic heterocycles. The van der Waals surface area contributed by atoms with Crippen LogP contribution in [-0.2, 0) is 6.42 Å². The summed E-state index contributed by atoms with van der Waals surface area (Å²) in [6, 6.07) is 12.2. The van der Waals surface area contributed by atoms with Gasteiger partial charge in [0.05, 0.1) is 17.6 Å². The fraction of sp³-hybridized carbons (Fsp3) is 0.217. The molecule has 3 aromatic rings. The minimum absolute atomic E-state index is 0.0823. The highest BCUT2D eigenvalue weighted by Crippen LogP contribution is 2.34. The number of carboxylic acid groups (broad SMARTS) is 1. The molecule has 0 amide bonds. The third kappa shape index (κ3) is 3.31. The van der Waals surface area contributed by atoms with E-state index in [1.165, 1.54) is 12.1 Å².